The number of aliphatic hydroxyl groups is 1. The number of aliphatic hydroxyl groups excluding tert-OH is 1. The van der Waals surface area contributed by atoms with Crippen molar-refractivity contribution in [3.8, 4) is 11.8 Å². The Morgan fingerprint density at radius 2 is 2.14 bits per heavy atom. The van der Waals surface area contributed by atoms with E-state index in [2.05, 4.69) is 17.2 Å². The number of rotatable bonds is 4. The molecule has 0 aliphatic carbocycles. The van der Waals surface area contributed by atoms with E-state index >= 15 is 0 Å². The van der Waals surface area contributed by atoms with E-state index in [1.165, 1.54) is 19.2 Å². The lowest BCUT2D eigenvalue weighted by atomic mass is 10.1. The van der Waals surface area contributed by atoms with Crippen LogP contribution in [0.4, 0.5) is 4.39 Å². The molecule has 6 heteroatoms. The summed E-state index contributed by atoms with van der Waals surface area (Å²) in [5.41, 5.74) is 0.256. The van der Waals surface area contributed by atoms with Gasteiger partial charge in [0.15, 0.2) is 0 Å². The van der Waals surface area contributed by atoms with Crippen LogP contribution in [-0.4, -0.2) is 48.6 Å². The van der Waals surface area contributed by atoms with E-state index in [0.29, 0.717) is 12.1 Å². The molecule has 2 N–H and O–H groups in total. The van der Waals surface area contributed by atoms with Gasteiger partial charge in [0.1, 0.15) is 12.4 Å². The SMILES string of the molecule is CCNC(=O)CN(C)C(=O)c1cc(C#CCO)ccc1F. The molecule has 112 valence electrons. The summed E-state index contributed by atoms with van der Waals surface area (Å²) in [7, 11) is 1.42. The van der Waals surface area contributed by atoms with Gasteiger partial charge in [-0.25, -0.2) is 4.39 Å². The van der Waals surface area contributed by atoms with Crippen LogP contribution in [0.5, 0.6) is 0 Å². The van der Waals surface area contributed by atoms with Gasteiger partial charge in [-0.2, -0.15) is 0 Å². The fourth-order valence-electron chi connectivity index (χ4n) is 1.65. The van der Waals surface area contributed by atoms with Gasteiger partial charge in [0.2, 0.25) is 5.91 Å². The summed E-state index contributed by atoms with van der Waals surface area (Å²) in [5.74, 6) is 3.42. The number of nitrogens with one attached hydrogen (secondary N) is 1. The van der Waals surface area contributed by atoms with Crippen LogP contribution in [0.25, 0.3) is 0 Å². The first-order valence-electron chi connectivity index (χ1n) is 6.41. The van der Waals surface area contributed by atoms with Gasteiger partial charge in [0.05, 0.1) is 12.1 Å². The van der Waals surface area contributed by atoms with Gasteiger partial charge in [-0.15, -0.1) is 0 Å². The molecule has 0 atom stereocenters. The van der Waals surface area contributed by atoms with Gasteiger partial charge in [-0.1, -0.05) is 11.8 Å². The topological polar surface area (TPSA) is 69.6 Å². The number of nitrogens with zero attached hydrogens (tertiary/aromatic N) is 1. The van der Waals surface area contributed by atoms with E-state index in [9.17, 15) is 14.0 Å². The third-order valence-corrected chi connectivity index (χ3v) is 2.61. The zero-order valence-electron chi connectivity index (χ0n) is 11.9. The zero-order valence-corrected chi connectivity index (χ0v) is 11.9. The minimum Gasteiger partial charge on any atom is -0.384 e. The second-order valence-corrected chi connectivity index (χ2v) is 4.27. The normalized spacial score (nSPS) is 9.52. The number of hydrogen-bond donors (Lipinski definition) is 2. The van der Waals surface area contributed by atoms with Gasteiger partial charge in [-0.05, 0) is 25.1 Å². The second kappa shape index (κ2) is 8.02. The average molecular weight is 292 g/mol. The van der Waals surface area contributed by atoms with Crippen molar-refractivity contribution in [3.63, 3.8) is 0 Å². The van der Waals surface area contributed by atoms with Crippen LogP contribution in [-0.2, 0) is 4.79 Å². The molecule has 0 spiro atoms. The Balaban J connectivity index is 2.92. The highest BCUT2D eigenvalue weighted by Crippen LogP contribution is 2.12. The van der Waals surface area contributed by atoms with Crippen molar-refractivity contribution >= 4 is 11.8 Å². The van der Waals surface area contributed by atoms with Gasteiger partial charge >= 0.3 is 0 Å². The Labute approximate surface area is 122 Å². The van der Waals surface area contributed by atoms with Crippen LogP contribution in [0.2, 0.25) is 0 Å². The molecule has 0 saturated carbocycles. The molecule has 0 aliphatic heterocycles. The monoisotopic (exact) mass is 292 g/mol. The molecule has 0 saturated heterocycles. The Kier molecular flexibility index (Phi) is 6.37. The van der Waals surface area contributed by atoms with Crippen LogP contribution in [0.1, 0.15) is 22.8 Å². The predicted molar refractivity (Wildman–Crippen MR) is 76.0 cm³/mol. The van der Waals surface area contributed by atoms with Crippen molar-refractivity contribution in [2.45, 2.75) is 6.92 Å². The molecule has 1 aromatic carbocycles. The quantitative estimate of drug-likeness (QED) is 0.788. The number of halogens is 1. The summed E-state index contributed by atoms with van der Waals surface area (Å²) in [5, 5.41) is 11.2. The molecule has 0 fully saturated rings. The summed E-state index contributed by atoms with van der Waals surface area (Å²) in [4.78, 5) is 24.7. The van der Waals surface area contributed by atoms with E-state index < -0.39 is 11.7 Å². The Bertz CT molecular complexity index is 590. The largest absolute Gasteiger partial charge is 0.384 e. The molecule has 1 aromatic rings. The summed E-state index contributed by atoms with van der Waals surface area (Å²) < 4.78 is 13.7. The van der Waals surface area contributed by atoms with Crippen molar-refractivity contribution in [2.24, 2.45) is 0 Å². The van der Waals surface area contributed by atoms with Crippen molar-refractivity contribution in [2.75, 3.05) is 26.7 Å². The maximum atomic E-state index is 13.7. The van der Waals surface area contributed by atoms with E-state index in [4.69, 9.17) is 5.11 Å². The van der Waals surface area contributed by atoms with Crippen LogP contribution in [0.15, 0.2) is 18.2 Å². The van der Waals surface area contributed by atoms with Gasteiger partial charge in [-0.3, -0.25) is 9.59 Å². The van der Waals surface area contributed by atoms with Crippen LogP contribution < -0.4 is 5.32 Å². The summed E-state index contributed by atoms with van der Waals surface area (Å²) in [6.45, 7) is 1.75. The predicted octanol–water partition coefficient (Wildman–Crippen LogP) is 0.378. The molecule has 0 aliphatic rings. The number of benzene rings is 1. The van der Waals surface area contributed by atoms with Crippen molar-refractivity contribution in [1.82, 2.24) is 10.2 Å². The van der Waals surface area contributed by atoms with E-state index in [0.717, 1.165) is 11.0 Å². The molecule has 0 heterocycles. The molecule has 21 heavy (non-hydrogen) atoms. The molecule has 0 aromatic heterocycles. The molecule has 0 radical (unpaired) electrons. The maximum Gasteiger partial charge on any atom is 0.257 e. The number of likely N-dealkylation sites (N-methyl/N-ethyl adjacent to an activating group) is 2. The smallest absolute Gasteiger partial charge is 0.257 e. The lowest BCUT2D eigenvalue weighted by Gasteiger charge is -2.17. The third kappa shape index (κ3) is 4.89. The summed E-state index contributed by atoms with van der Waals surface area (Å²) in [6.07, 6.45) is 0. The first-order chi connectivity index (χ1) is 9.99. The molecule has 1 rings (SSSR count). The molecular weight excluding hydrogens is 275 g/mol. The minimum absolute atomic E-state index is 0.154. The van der Waals surface area contributed by atoms with Gasteiger partial charge < -0.3 is 15.3 Å². The maximum absolute atomic E-state index is 13.7. The molecular formula is C15H17FN2O3. The lowest BCUT2D eigenvalue weighted by molar-refractivity contribution is -0.121. The number of carbonyl (C=O) groups excluding carboxylic acids is 2. The number of hydrogen-bond acceptors (Lipinski definition) is 3. The fourth-order valence-corrected chi connectivity index (χ4v) is 1.65. The van der Waals surface area contributed by atoms with E-state index in [1.807, 2.05) is 0 Å². The first-order valence-corrected chi connectivity index (χ1v) is 6.41. The van der Waals surface area contributed by atoms with Gasteiger partial charge in [0, 0.05) is 19.2 Å². The van der Waals surface area contributed by atoms with Crippen molar-refractivity contribution in [1.29, 1.82) is 0 Å². The lowest BCUT2D eigenvalue weighted by Crippen LogP contribution is -2.38. The number of amides is 2. The highest BCUT2D eigenvalue weighted by molar-refractivity contribution is 5.96. The van der Waals surface area contributed by atoms with Crippen molar-refractivity contribution < 1.29 is 19.1 Å². The first kappa shape index (κ1) is 16.7. The average Bonchev–Trinajstić information content (AvgIpc) is 2.45. The standard InChI is InChI=1S/C15H17FN2O3/c1-3-17-14(20)10-18(2)15(21)12-9-11(5-4-8-19)6-7-13(12)16/h6-7,9,19H,3,8,10H2,1-2H3,(H,17,20). The summed E-state index contributed by atoms with van der Waals surface area (Å²) >= 11 is 0. The zero-order chi connectivity index (χ0) is 15.8. The third-order valence-electron chi connectivity index (χ3n) is 2.61. The van der Waals surface area contributed by atoms with Crippen LogP contribution >= 0.6 is 0 Å². The fraction of sp³-hybridized carbons (Fsp3) is 0.333. The second-order valence-electron chi connectivity index (χ2n) is 4.27. The molecule has 2 amide bonds. The van der Waals surface area contributed by atoms with E-state index in [-0.39, 0.29) is 24.6 Å². The number of carbonyl (C=O) groups is 2. The minimum atomic E-state index is -0.683. The highest BCUT2D eigenvalue weighted by Gasteiger charge is 2.18. The van der Waals surface area contributed by atoms with Crippen molar-refractivity contribution in [3.05, 3.63) is 35.1 Å². The summed E-state index contributed by atoms with van der Waals surface area (Å²) in [6, 6.07) is 3.85. The molecule has 0 unspecified atom stereocenters. The Morgan fingerprint density at radius 1 is 1.43 bits per heavy atom. The highest BCUT2D eigenvalue weighted by atomic mass is 19.1. The Hall–Kier alpha value is -2.39. The molecule has 0 bridgehead atoms. The van der Waals surface area contributed by atoms with Crippen LogP contribution in [0.3, 0.4) is 0 Å². The Morgan fingerprint density at radius 3 is 2.76 bits per heavy atom. The molecule has 5 nitrogen and oxygen atoms in total. The van der Waals surface area contributed by atoms with Crippen LogP contribution in [0, 0.1) is 17.7 Å². The van der Waals surface area contributed by atoms with E-state index in [1.54, 1.807) is 6.92 Å². The van der Waals surface area contributed by atoms with Gasteiger partial charge in [0.25, 0.3) is 5.91 Å².